The summed E-state index contributed by atoms with van der Waals surface area (Å²) in [6.07, 6.45) is 0.221. The molecular formula is C12H17F2NO2. The van der Waals surface area contributed by atoms with Gasteiger partial charge in [-0.15, -0.1) is 0 Å². The van der Waals surface area contributed by atoms with Gasteiger partial charge in [0.15, 0.2) is 17.3 Å². The van der Waals surface area contributed by atoms with Crippen molar-refractivity contribution in [3.63, 3.8) is 0 Å². The number of hydrogen-bond acceptors (Lipinski definition) is 3. The van der Waals surface area contributed by atoms with Crippen LogP contribution in [0.5, 0.6) is 11.5 Å². The van der Waals surface area contributed by atoms with Crippen molar-refractivity contribution in [2.24, 2.45) is 5.73 Å². The van der Waals surface area contributed by atoms with Crippen molar-refractivity contribution in [1.82, 2.24) is 0 Å². The smallest absolute Gasteiger partial charge is 0.197 e. The van der Waals surface area contributed by atoms with Crippen molar-refractivity contribution < 1.29 is 18.3 Å². The molecule has 0 saturated carbocycles. The van der Waals surface area contributed by atoms with Gasteiger partial charge in [-0.05, 0) is 20.3 Å². The Hall–Kier alpha value is -1.36. The van der Waals surface area contributed by atoms with E-state index in [9.17, 15) is 8.78 Å². The summed E-state index contributed by atoms with van der Waals surface area (Å²) >= 11 is 0. The van der Waals surface area contributed by atoms with Crippen LogP contribution in [0.3, 0.4) is 0 Å². The van der Waals surface area contributed by atoms with E-state index in [1.807, 2.05) is 0 Å². The average Bonchev–Trinajstić information content (AvgIpc) is 2.19. The van der Waals surface area contributed by atoms with Crippen LogP contribution in [0.2, 0.25) is 0 Å². The zero-order valence-electron chi connectivity index (χ0n) is 10.4. The molecule has 0 aliphatic heterocycles. The van der Waals surface area contributed by atoms with Crippen LogP contribution < -0.4 is 15.2 Å². The van der Waals surface area contributed by atoms with Gasteiger partial charge in [0.2, 0.25) is 0 Å². The molecule has 1 aromatic carbocycles. The molecule has 0 atom stereocenters. The standard InChI is InChI=1S/C12H17F2NO2/c1-12(2,15)6-7-8(13)5-9(14)11(17-4)10(7)16-3/h5H,6,15H2,1-4H3. The highest BCUT2D eigenvalue weighted by atomic mass is 19.1. The van der Waals surface area contributed by atoms with E-state index in [2.05, 4.69) is 0 Å². The summed E-state index contributed by atoms with van der Waals surface area (Å²) < 4.78 is 37.0. The van der Waals surface area contributed by atoms with Gasteiger partial charge in [-0.2, -0.15) is 0 Å². The minimum atomic E-state index is -0.791. The average molecular weight is 245 g/mol. The highest BCUT2D eigenvalue weighted by Crippen LogP contribution is 2.37. The fourth-order valence-corrected chi connectivity index (χ4v) is 1.64. The van der Waals surface area contributed by atoms with Gasteiger partial charge in [-0.1, -0.05) is 0 Å². The Kier molecular flexibility index (Phi) is 3.93. The first kappa shape index (κ1) is 13.7. The number of ether oxygens (including phenoxy) is 2. The molecule has 3 nitrogen and oxygen atoms in total. The Bertz CT molecular complexity index is 414. The monoisotopic (exact) mass is 245 g/mol. The number of hydrogen-bond donors (Lipinski definition) is 1. The Balaban J connectivity index is 3.37. The Morgan fingerprint density at radius 1 is 1.12 bits per heavy atom. The number of benzene rings is 1. The topological polar surface area (TPSA) is 44.5 Å². The summed E-state index contributed by atoms with van der Waals surface area (Å²) in [5, 5.41) is 0. The van der Waals surface area contributed by atoms with Gasteiger partial charge >= 0.3 is 0 Å². The Morgan fingerprint density at radius 3 is 2.06 bits per heavy atom. The fourth-order valence-electron chi connectivity index (χ4n) is 1.64. The lowest BCUT2D eigenvalue weighted by molar-refractivity contribution is 0.327. The van der Waals surface area contributed by atoms with Gasteiger partial charge in [0.1, 0.15) is 5.82 Å². The summed E-state index contributed by atoms with van der Waals surface area (Å²) in [5.41, 5.74) is 5.43. The first-order valence-corrected chi connectivity index (χ1v) is 5.18. The molecule has 0 amide bonds. The van der Waals surface area contributed by atoms with E-state index in [1.54, 1.807) is 13.8 Å². The second-order valence-electron chi connectivity index (χ2n) is 4.55. The molecule has 0 aromatic heterocycles. The van der Waals surface area contributed by atoms with E-state index in [0.717, 1.165) is 6.07 Å². The lowest BCUT2D eigenvalue weighted by atomic mass is 9.95. The molecule has 0 fully saturated rings. The zero-order valence-corrected chi connectivity index (χ0v) is 10.4. The molecular weight excluding hydrogens is 228 g/mol. The number of methoxy groups -OCH3 is 2. The lowest BCUT2D eigenvalue weighted by Crippen LogP contribution is -2.35. The predicted octanol–water partition coefficient (Wildman–Crippen LogP) is 2.26. The predicted molar refractivity (Wildman–Crippen MR) is 61.4 cm³/mol. The minimum absolute atomic E-state index is 0.0588. The molecule has 0 heterocycles. The Morgan fingerprint density at radius 2 is 1.65 bits per heavy atom. The van der Waals surface area contributed by atoms with Gasteiger partial charge in [-0.25, -0.2) is 8.78 Å². The van der Waals surface area contributed by atoms with E-state index in [4.69, 9.17) is 15.2 Å². The molecule has 0 aliphatic carbocycles. The van der Waals surface area contributed by atoms with Crippen LogP contribution >= 0.6 is 0 Å². The maximum absolute atomic E-state index is 13.7. The molecule has 5 heteroatoms. The number of rotatable bonds is 4. The van der Waals surface area contributed by atoms with Crippen molar-refractivity contribution in [3.8, 4) is 11.5 Å². The molecule has 0 aliphatic rings. The number of nitrogens with two attached hydrogens (primary N) is 1. The van der Waals surface area contributed by atoms with E-state index in [0.29, 0.717) is 0 Å². The first-order chi connectivity index (χ1) is 7.80. The lowest BCUT2D eigenvalue weighted by Gasteiger charge is -2.21. The molecule has 0 radical (unpaired) electrons. The summed E-state index contributed by atoms with van der Waals surface area (Å²) in [6.45, 7) is 3.50. The molecule has 96 valence electrons. The summed E-state index contributed by atoms with van der Waals surface area (Å²) in [4.78, 5) is 0. The van der Waals surface area contributed by atoms with E-state index < -0.39 is 17.2 Å². The molecule has 1 aromatic rings. The maximum atomic E-state index is 13.7. The van der Waals surface area contributed by atoms with Gasteiger partial charge in [0.25, 0.3) is 0 Å². The van der Waals surface area contributed by atoms with Crippen molar-refractivity contribution in [1.29, 1.82) is 0 Å². The Labute approximate surface area is 99.5 Å². The third kappa shape index (κ3) is 3.06. The van der Waals surface area contributed by atoms with Gasteiger partial charge in [0, 0.05) is 17.2 Å². The maximum Gasteiger partial charge on any atom is 0.197 e. The van der Waals surface area contributed by atoms with Gasteiger partial charge in [0.05, 0.1) is 14.2 Å². The summed E-state index contributed by atoms with van der Waals surface area (Å²) in [7, 11) is 2.64. The molecule has 0 unspecified atom stereocenters. The second kappa shape index (κ2) is 4.87. The third-order valence-corrected chi connectivity index (χ3v) is 2.28. The van der Waals surface area contributed by atoms with E-state index in [1.165, 1.54) is 14.2 Å². The highest BCUT2D eigenvalue weighted by Gasteiger charge is 2.24. The van der Waals surface area contributed by atoms with Crippen LogP contribution in [0.15, 0.2) is 6.07 Å². The largest absolute Gasteiger partial charge is 0.492 e. The van der Waals surface area contributed by atoms with Crippen molar-refractivity contribution in [2.45, 2.75) is 25.8 Å². The third-order valence-electron chi connectivity index (χ3n) is 2.28. The SMILES string of the molecule is COc1c(F)cc(F)c(CC(C)(C)N)c1OC. The molecule has 2 N–H and O–H groups in total. The summed E-state index contributed by atoms with van der Waals surface area (Å²) in [6, 6.07) is 0.780. The normalized spacial score (nSPS) is 11.5. The molecule has 17 heavy (non-hydrogen) atoms. The van der Waals surface area contributed by atoms with Gasteiger partial charge in [-0.3, -0.25) is 0 Å². The molecule has 1 rings (SSSR count). The highest BCUT2D eigenvalue weighted by molar-refractivity contribution is 5.49. The number of halogens is 2. The van der Waals surface area contributed by atoms with E-state index >= 15 is 0 Å². The quantitative estimate of drug-likeness (QED) is 0.885. The second-order valence-corrected chi connectivity index (χ2v) is 4.55. The fraction of sp³-hybridized carbons (Fsp3) is 0.500. The van der Waals surface area contributed by atoms with Crippen molar-refractivity contribution >= 4 is 0 Å². The van der Waals surface area contributed by atoms with Crippen LogP contribution in [0.25, 0.3) is 0 Å². The molecule has 0 saturated heterocycles. The molecule has 0 spiro atoms. The van der Waals surface area contributed by atoms with Crippen LogP contribution in [-0.2, 0) is 6.42 Å². The minimum Gasteiger partial charge on any atom is -0.492 e. The summed E-state index contributed by atoms with van der Waals surface area (Å²) in [5.74, 6) is -1.52. The van der Waals surface area contributed by atoms with Gasteiger partial charge < -0.3 is 15.2 Å². The van der Waals surface area contributed by atoms with E-state index in [-0.39, 0.29) is 23.5 Å². The van der Waals surface area contributed by atoms with Crippen LogP contribution in [0.1, 0.15) is 19.4 Å². The molecule has 0 bridgehead atoms. The van der Waals surface area contributed by atoms with Crippen molar-refractivity contribution in [2.75, 3.05) is 14.2 Å². The van der Waals surface area contributed by atoms with Crippen LogP contribution in [0.4, 0.5) is 8.78 Å². The van der Waals surface area contributed by atoms with Crippen LogP contribution in [0, 0.1) is 11.6 Å². The first-order valence-electron chi connectivity index (χ1n) is 5.18. The van der Waals surface area contributed by atoms with Crippen molar-refractivity contribution in [3.05, 3.63) is 23.3 Å². The van der Waals surface area contributed by atoms with Crippen LogP contribution in [-0.4, -0.2) is 19.8 Å². The zero-order chi connectivity index (χ0) is 13.2.